The molecule has 0 fully saturated rings. The summed E-state index contributed by atoms with van der Waals surface area (Å²) in [5.41, 5.74) is 0. The zero-order valence-electron chi connectivity index (χ0n) is 8.93. The van der Waals surface area contributed by atoms with Crippen molar-refractivity contribution in [3.63, 3.8) is 0 Å². The molecule has 84 valence electrons. The van der Waals surface area contributed by atoms with E-state index in [1.54, 1.807) is 0 Å². The minimum atomic E-state index is -2.71. The number of unbranched alkanes of at least 4 members (excludes halogenated alkanes) is 2. The van der Waals surface area contributed by atoms with Crippen molar-refractivity contribution < 1.29 is 33.2 Å². The van der Waals surface area contributed by atoms with Crippen LogP contribution in [0.5, 0.6) is 0 Å². The van der Waals surface area contributed by atoms with Gasteiger partial charge in [0, 0.05) is 0 Å². The number of hydrogen-bond donors (Lipinski definition) is 0. The Kier molecular flexibility index (Phi) is 26.2. The summed E-state index contributed by atoms with van der Waals surface area (Å²) in [4.78, 5) is 0. The second kappa shape index (κ2) is 14.8. The molecule has 0 unspecified atom stereocenters. The molecule has 0 spiro atoms. The fourth-order valence-corrected chi connectivity index (χ4v) is 2.49. The third kappa shape index (κ3) is 16.2. The van der Waals surface area contributed by atoms with Gasteiger partial charge in [-0.2, -0.15) is 0 Å². The van der Waals surface area contributed by atoms with Crippen molar-refractivity contribution in [2.24, 2.45) is 0 Å². The van der Waals surface area contributed by atoms with Gasteiger partial charge in [0.25, 0.3) is 0 Å². The Hall–Kier alpha value is 1.79. The molecule has 0 aromatic rings. The fourth-order valence-electron chi connectivity index (χ4n) is 0.831. The normalized spacial score (nSPS) is 9.29. The molecule has 0 radical (unpaired) electrons. The zero-order chi connectivity index (χ0) is 8.74. The van der Waals surface area contributed by atoms with Gasteiger partial charge in [-0.15, -0.1) is 0 Å². The average Bonchev–Trinajstić information content (AvgIpc) is 1.97. The molecule has 14 heavy (non-hydrogen) atoms. The Labute approximate surface area is 130 Å². The van der Waals surface area contributed by atoms with Gasteiger partial charge in [0.15, 0.2) is 0 Å². The van der Waals surface area contributed by atoms with Crippen molar-refractivity contribution in [2.75, 3.05) is 11.5 Å². The van der Waals surface area contributed by atoms with Gasteiger partial charge in [0.1, 0.15) is 9.84 Å². The van der Waals surface area contributed by atoms with Crippen LogP contribution in [0.1, 0.15) is 39.5 Å². The van der Waals surface area contributed by atoms with Crippen LogP contribution in [0.3, 0.4) is 0 Å². The standard InChI is InChI=1S/C8H18O2S.Ca.2ClH/c1-3-5-7-11(9,10)8-6-4-2;;;/h3-8H2,1-2H3;;2*1H/q;+2;;/p-2. The minimum absolute atomic E-state index is 0. The zero-order valence-corrected chi connectivity index (χ0v) is 13.5. The molecule has 0 N–H and O–H groups in total. The summed E-state index contributed by atoms with van der Waals surface area (Å²) < 4.78 is 22.3. The molecule has 6 heteroatoms. The van der Waals surface area contributed by atoms with Gasteiger partial charge in [-0.3, -0.25) is 0 Å². The topological polar surface area (TPSA) is 34.1 Å². The summed E-state index contributed by atoms with van der Waals surface area (Å²) >= 11 is 0. The van der Waals surface area contributed by atoms with E-state index < -0.39 is 9.84 Å². The van der Waals surface area contributed by atoms with Gasteiger partial charge in [-0.25, -0.2) is 8.42 Å². The van der Waals surface area contributed by atoms with Crippen LogP contribution in [-0.4, -0.2) is 57.7 Å². The van der Waals surface area contributed by atoms with Gasteiger partial charge in [-0.1, -0.05) is 26.7 Å². The number of rotatable bonds is 6. The molecule has 0 bridgehead atoms. The molecule has 0 aliphatic heterocycles. The Morgan fingerprint density at radius 2 is 1.14 bits per heavy atom. The van der Waals surface area contributed by atoms with Crippen molar-refractivity contribution >= 4 is 47.6 Å². The van der Waals surface area contributed by atoms with Crippen LogP contribution >= 0.6 is 0 Å². The molecule has 2 nitrogen and oxygen atoms in total. The van der Waals surface area contributed by atoms with Gasteiger partial charge in [-0.05, 0) is 12.8 Å². The first kappa shape index (κ1) is 24.8. The van der Waals surface area contributed by atoms with Crippen LogP contribution in [0.4, 0.5) is 0 Å². The summed E-state index contributed by atoms with van der Waals surface area (Å²) in [6.07, 6.45) is 3.55. The van der Waals surface area contributed by atoms with E-state index in [9.17, 15) is 8.42 Å². The summed E-state index contributed by atoms with van der Waals surface area (Å²) in [7, 11) is -2.71. The molecule has 0 aromatic heterocycles. The third-order valence-electron chi connectivity index (χ3n) is 1.62. The van der Waals surface area contributed by atoms with E-state index in [1.807, 2.05) is 13.8 Å². The van der Waals surface area contributed by atoms with Crippen molar-refractivity contribution in [3.8, 4) is 0 Å². The van der Waals surface area contributed by atoms with Crippen molar-refractivity contribution in [3.05, 3.63) is 0 Å². The van der Waals surface area contributed by atoms with Crippen LogP contribution in [-0.2, 0) is 9.84 Å². The second-order valence-electron chi connectivity index (χ2n) is 2.86. The first-order chi connectivity index (χ1) is 5.12. The third-order valence-corrected chi connectivity index (χ3v) is 3.44. The molecule has 0 aliphatic rings. The molecule has 0 amide bonds. The second-order valence-corrected chi connectivity index (χ2v) is 5.16. The maximum atomic E-state index is 11.1. The fraction of sp³-hybridized carbons (Fsp3) is 1.00. The maximum absolute atomic E-state index is 11.1. The minimum Gasteiger partial charge on any atom is -1.00 e. The Morgan fingerprint density at radius 3 is 1.36 bits per heavy atom. The smallest absolute Gasteiger partial charge is 1.00 e. The molecule has 0 saturated heterocycles. The maximum Gasteiger partial charge on any atom is 2.00 e. The molecule has 0 aliphatic carbocycles. The molecular formula is C8H18CaCl2O2S. The molecule has 0 saturated carbocycles. The van der Waals surface area contributed by atoms with Gasteiger partial charge >= 0.3 is 37.7 Å². The quantitative estimate of drug-likeness (QED) is 0.463. The van der Waals surface area contributed by atoms with Crippen molar-refractivity contribution in [1.82, 2.24) is 0 Å². The predicted molar refractivity (Wildman–Crippen MR) is 54.2 cm³/mol. The SMILES string of the molecule is CCCCS(=O)(=O)CCCC.[Ca+2].[Cl-].[Cl-]. The van der Waals surface area contributed by atoms with Gasteiger partial charge in [0.05, 0.1) is 11.5 Å². The van der Waals surface area contributed by atoms with Crippen LogP contribution in [0.2, 0.25) is 0 Å². The molecule has 0 atom stereocenters. The first-order valence-corrected chi connectivity index (χ1v) is 6.15. The summed E-state index contributed by atoms with van der Waals surface area (Å²) in [5, 5.41) is 0. The summed E-state index contributed by atoms with van der Waals surface area (Å²) in [6.45, 7) is 4.02. The molecular weight excluding hydrogens is 271 g/mol. The summed E-state index contributed by atoms with van der Waals surface area (Å²) in [6, 6.07) is 0. The monoisotopic (exact) mass is 288 g/mol. The van der Waals surface area contributed by atoms with E-state index in [0.29, 0.717) is 11.5 Å². The van der Waals surface area contributed by atoms with Crippen LogP contribution < -0.4 is 24.8 Å². The Balaban J connectivity index is -0.000000167. The first-order valence-electron chi connectivity index (χ1n) is 4.32. The number of hydrogen-bond acceptors (Lipinski definition) is 2. The predicted octanol–water partition coefficient (Wildman–Crippen LogP) is -4.37. The van der Waals surface area contributed by atoms with E-state index in [4.69, 9.17) is 0 Å². The molecule has 0 heterocycles. The van der Waals surface area contributed by atoms with Crippen LogP contribution in [0, 0.1) is 0 Å². The molecule has 0 aromatic carbocycles. The van der Waals surface area contributed by atoms with Gasteiger partial charge < -0.3 is 24.8 Å². The van der Waals surface area contributed by atoms with Crippen molar-refractivity contribution in [1.29, 1.82) is 0 Å². The van der Waals surface area contributed by atoms with Crippen LogP contribution in [0.15, 0.2) is 0 Å². The Bertz CT molecular complexity index is 170. The van der Waals surface area contributed by atoms with E-state index in [2.05, 4.69) is 0 Å². The molecule has 0 rings (SSSR count). The van der Waals surface area contributed by atoms with E-state index >= 15 is 0 Å². The van der Waals surface area contributed by atoms with Gasteiger partial charge in [0.2, 0.25) is 0 Å². The summed E-state index contributed by atoms with van der Waals surface area (Å²) in [5.74, 6) is 0.757. The van der Waals surface area contributed by atoms with E-state index in [-0.39, 0.29) is 62.6 Å². The number of sulfone groups is 1. The largest absolute Gasteiger partial charge is 2.00 e. The number of halogens is 2. The van der Waals surface area contributed by atoms with Crippen molar-refractivity contribution in [2.45, 2.75) is 39.5 Å². The Morgan fingerprint density at radius 1 is 0.857 bits per heavy atom. The van der Waals surface area contributed by atoms with Crippen LogP contribution in [0.25, 0.3) is 0 Å². The van der Waals surface area contributed by atoms with E-state index in [0.717, 1.165) is 25.7 Å². The average molecular weight is 289 g/mol. The van der Waals surface area contributed by atoms with E-state index in [1.165, 1.54) is 0 Å².